The summed E-state index contributed by atoms with van der Waals surface area (Å²) in [6.07, 6.45) is 1.95. The molecule has 0 heterocycles. The molecule has 0 saturated carbocycles. The van der Waals surface area contributed by atoms with Gasteiger partial charge in [-0.25, -0.2) is 0 Å². The van der Waals surface area contributed by atoms with Crippen LogP contribution in [0.25, 0.3) is 0 Å². The minimum atomic E-state index is -0.324. The zero-order valence-electron chi connectivity index (χ0n) is 16.5. The lowest BCUT2D eigenvalue weighted by Crippen LogP contribution is -2.07. The van der Waals surface area contributed by atoms with Crippen LogP contribution in [0.1, 0.15) is 33.6 Å². The van der Waals surface area contributed by atoms with E-state index < -0.39 is 0 Å². The predicted octanol–water partition coefficient (Wildman–Crippen LogP) is 1.02. The van der Waals surface area contributed by atoms with Gasteiger partial charge in [-0.3, -0.25) is 4.79 Å². The largest absolute Gasteiger partial charge is 0.463 e. The molecule has 154 valence electrons. The van der Waals surface area contributed by atoms with E-state index in [0.29, 0.717) is 39.6 Å². The van der Waals surface area contributed by atoms with Gasteiger partial charge in [-0.2, -0.15) is 0 Å². The second-order valence-corrected chi connectivity index (χ2v) is 4.94. The van der Waals surface area contributed by atoms with Crippen molar-refractivity contribution in [3.63, 3.8) is 0 Å². The number of rotatable bonds is 13. The van der Waals surface area contributed by atoms with Crippen LogP contribution in [-0.2, 0) is 28.5 Å². The maximum atomic E-state index is 10.0. The average molecular weight is 370 g/mol. The van der Waals surface area contributed by atoms with Crippen LogP contribution in [0.5, 0.6) is 0 Å². The maximum absolute atomic E-state index is 10.0. The van der Waals surface area contributed by atoms with Crippen LogP contribution < -0.4 is 0 Å². The van der Waals surface area contributed by atoms with Crippen LogP contribution >= 0.6 is 0 Å². The summed E-state index contributed by atoms with van der Waals surface area (Å²) in [6.45, 7) is 8.99. The summed E-state index contributed by atoms with van der Waals surface area (Å²) in [6, 6.07) is 0. The molecule has 0 aliphatic heterocycles. The highest BCUT2D eigenvalue weighted by molar-refractivity contribution is 5.65. The van der Waals surface area contributed by atoms with Crippen molar-refractivity contribution in [3.05, 3.63) is 0 Å². The van der Waals surface area contributed by atoms with Gasteiger partial charge < -0.3 is 33.9 Å². The topological polar surface area (TPSA) is 104 Å². The highest BCUT2D eigenvalue weighted by Gasteiger charge is 1.89. The molecule has 0 radical (unpaired) electrons. The van der Waals surface area contributed by atoms with Crippen molar-refractivity contribution in [2.24, 2.45) is 0 Å². The summed E-state index contributed by atoms with van der Waals surface area (Å²) in [7, 11) is 3.12. The van der Waals surface area contributed by atoms with Gasteiger partial charge in [-0.05, 0) is 13.3 Å². The first-order chi connectivity index (χ1) is 12.0. The van der Waals surface area contributed by atoms with Crippen LogP contribution in [0, 0.1) is 0 Å². The minimum Gasteiger partial charge on any atom is -0.463 e. The Morgan fingerprint density at radius 3 is 1.92 bits per heavy atom. The van der Waals surface area contributed by atoms with E-state index in [2.05, 4.69) is 21.1 Å². The molecule has 0 spiro atoms. The molecule has 0 aromatic heterocycles. The molecule has 0 fully saturated rings. The Labute approximate surface area is 152 Å². The second-order valence-electron chi connectivity index (χ2n) is 4.94. The maximum Gasteiger partial charge on any atom is 0.302 e. The fourth-order valence-corrected chi connectivity index (χ4v) is 1.14. The van der Waals surface area contributed by atoms with E-state index in [4.69, 9.17) is 19.7 Å². The van der Waals surface area contributed by atoms with Crippen LogP contribution in [0.4, 0.5) is 0 Å². The molecule has 0 aliphatic carbocycles. The van der Waals surface area contributed by atoms with Crippen molar-refractivity contribution >= 4 is 5.97 Å². The van der Waals surface area contributed by atoms with Gasteiger partial charge in [-0.15, -0.1) is 0 Å². The lowest BCUT2D eigenvalue weighted by atomic mass is 10.4. The molecule has 0 aliphatic rings. The van der Waals surface area contributed by atoms with E-state index in [1.165, 1.54) is 6.92 Å². The van der Waals surface area contributed by atoms with Gasteiger partial charge in [0, 0.05) is 27.8 Å². The van der Waals surface area contributed by atoms with Gasteiger partial charge in [-0.1, -0.05) is 13.3 Å². The Morgan fingerprint density at radius 2 is 1.56 bits per heavy atom. The average Bonchev–Trinajstić information content (AvgIpc) is 2.55. The number of aliphatic hydroxyl groups excluding tert-OH is 2. The number of aliphatic hydroxyl groups is 2. The van der Waals surface area contributed by atoms with Crippen LogP contribution in [0.15, 0.2) is 0 Å². The molecule has 0 saturated heterocycles. The zero-order chi connectivity index (χ0) is 19.8. The molecule has 1 atom stereocenters. The smallest absolute Gasteiger partial charge is 0.302 e. The molecule has 0 aromatic rings. The first kappa shape index (κ1) is 29.0. The van der Waals surface area contributed by atoms with Gasteiger partial charge in [0.2, 0.25) is 0 Å². The highest BCUT2D eigenvalue weighted by Crippen LogP contribution is 1.87. The molecule has 8 heteroatoms. The van der Waals surface area contributed by atoms with Gasteiger partial charge in [0.15, 0.2) is 0 Å². The fourth-order valence-electron chi connectivity index (χ4n) is 1.14. The Bertz CT molecular complexity index is 229. The first-order valence-corrected chi connectivity index (χ1v) is 8.51. The van der Waals surface area contributed by atoms with Gasteiger partial charge >= 0.3 is 5.97 Å². The van der Waals surface area contributed by atoms with Crippen molar-refractivity contribution in [2.45, 2.75) is 39.7 Å². The zero-order valence-corrected chi connectivity index (χ0v) is 16.5. The Balaban J connectivity index is -0.000000306. The van der Waals surface area contributed by atoms with E-state index in [0.717, 1.165) is 19.4 Å². The van der Waals surface area contributed by atoms with E-state index >= 15 is 0 Å². The number of methoxy groups -OCH3 is 2. The monoisotopic (exact) mass is 370 g/mol. The molecule has 1 unspecified atom stereocenters. The fraction of sp³-hybridized carbons (Fsp3) is 0.941. The normalized spacial score (nSPS) is 10.8. The van der Waals surface area contributed by atoms with E-state index in [1.54, 1.807) is 21.1 Å². The van der Waals surface area contributed by atoms with Crippen molar-refractivity contribution < 1.29 is 38.7 Å². The summed E-state index contributed by atoms with van der Waals surface area (Å²) in [5.41, 5.74) is 0. The van der Waals surface area contributed by atoms with E-state index in [1.807, 2.05) is 0 Å². The first-order valence-electron chi connectivity index (χ1n) is 8.51. The molecular weight excluding hydrogens is 332 g/mol. The number of hydrogen-bond acceptors (Lipinski definition) is 8. The number of carbonyl (C=O) groups is 1. The molecule has 0 bridgehead atoms. The number of esters is 1. The standard InChI is InChI=1S/C8H18O3.C5H10O3.C4H10O2/c1-2-3-5-10-7-8-11-6-4-9;1-5(6)8-4-3-7-2;1-4(5)3-6-2/h9H,2-8H2,1H3;3-4H2,1-2H3;4-5H,3H2,1-2H3. The molecule has 2 N–H and O–H groups in total. The summed E-state index contributed by atoms with van der Waals surface area (Å²) in [5.74, 6) is -0.262. The Morgan fingerprint density at radius 1 is 0.960 bits per heavy atom. The van der Waals surface area contributed by atoms with Gasteiger partial charge in [0.25, 0.3) is 0 Å². The molecule has 0 rings (SSSR count). The summed E-state index contributed by atoms with van der Waals surface area (Å²) in [4.78, 5) is 10.0. The predicted molar refractivity (Wildman–Crippen MR) is 95.7 cm³/mol. The molecule has 0 amide bonds. The van der Waals surface area contributed by atoms with Crippen molar-refractivity contribution in [1.29, 1.82) is 0 Å². The van der Waals surface area contributed by atoms with Gasteiger partial charge in [0.1, 0.15) is 6.61 Å². The number of carbonyl (C=O) groups excluding carboxylic acids is 1. The van der Waals surface area contributed by atoms with Crippen LogP contribution in [-0.4, -0.2) is 89.4 Å². The number of hydrogen-bond donors (Lipinski definition) is 2. The van der Waals surface area contributed by atoms with Crippen LogP contribution in [0.2, 0.25) is 0 Å². The third-order valence-electron chi connectivity index (χ3n) is 2.25. The highest BCUT2D eigenvalue weighted by atomic mass is 16.6. The van der Waals surface area contributed by atoms with Crippen molar-refractivity contribution in [1.82, 2.24) is 0 Å². The van der Waals surface area contributed by atoms with Gasteiger partial charge in [0.05, 0.1) is 45.7 Å². The summed E-state index contributed by atoms with van der Waals surface area (Å²) >= 11 is 0. The molecule has 8 nitrogen and oxygen atoms in total. The number of unbranched alkanes of at least 4 members (excludes halogenated alkanes) is 1. The number of ether oxygens (including phenoxy) is 5. The quantitative estimate of drug-likeness (QED) is 0.366. The second kappa shape index (κ2) is 28.1. The molecular formula is C17H38O8. The van der Waals surface area contributed by atoms with Crippen molar-refractivity contribution in [3.8, 4) is 0 Å². The third kappa shape index (κ3) is 45.1. The summed E-state index contributed by atoms with van der Waals surface area (Å²) < 4.78 is 23.9. The van der Waals surface area contributed by atoms with Crippen molar-refractivity contribution in [2.75, 3.05) is 67.1 Å². The van der Waals surface area contributed by atoms with Crippen LogP contribution in [0.3, 0.4) is 0 Å². The lowest BCUT2D eigenvalue weighted by Gasteiger charge is -2.02. The van der Waals surface area contributed by atoms with E-state index in [-0.39, 0.29) is 18.7 Å². The third-order valence-corrected chi connectivity index (χ3v) is 2.25. The molecule has 0 aromatic carbocycles. The summed E-state index contributed by atoms with van der Waals surface area (Å²) in [5, 5.41) is 16.8. The molecule has 25 heavy (non-hydrogen) atoms. The van der Waals surface area contributed by atoms with E-state index in [9.17, 15) is 4.79 Å². The lowest BCUT2D eigenvalue weighted by molar-refractivity contribution is -0.142. The Hall–Kier alpha value is -0.770. The Kier molecular flexibility index (Phi) is 32.5. The SMILES string of the molecule is CCCCOCCOCCO.COCC(C)O.COCCOC(C)=O. The minimum absolute atomic E-state index is 0.0922.